The Hall–Kier alpha value is -7.11. The number of furan rings is 2. The highest BCUT2D eigenvalue weighted by molar-refractivity contribution is 6.27. The Morgan fingerprint density at radius 3 is 1.69 bits per heavy atom. The molecule has 3 aromatic heterocycles. The highest BCUT2D eigenvalue weighted by Gasteiger charge is 2.21. The quantitative estimate of drug-likeness (QED) is 0.175. The van der Waals surface area contributed by atoms with Gasteiger partial charge in [-0.05, 0) is 58.1 Å². The van der Waals surface area contributed by atoms with Crippen molar-refractivity contribution in [1.82, 2.24) is 15.0 Å². The average molecular weight is 666 g/mol. The Morgan fingerprint density at radius 2 is 0.904 bits per heavy atom. The number of para-hydroxylation sites is 2. The maximum absolute atomic E-state index is 6.60. The summed E-state index contributed by atoms with van der Waals surface area (Å²) >= 11 is 0. The van der Waals surface area contributed by atoms with E-state index in [4.69, 9.17) is 23.8 Å². The molecule has 0 aliphatic heterocycles. The van der Waals surface area contributed by atoms with Crippen molar-refractivity contribution < 1.29 is 8.83 Å². The van der Waals surface area contributed by atoms with Crippen molar-refractivity contribution in [3.63, 3.8) is 0 Å². The van der Waals surface area contributed by atoms with Crippen LogP contribution in [0.15, 0.2) is 173 Å². The molecule has 11 aromatic rings. The van der Waals surface area contributed by atoms with Crippen molar-refractivity contribution in [2.45, 2.75) is 0 Å². The van der Waals surface area contributed by atoms with E-state index in [1.54, 1.807) is 0 Å². The van der Waals surface area contributed by atoms with E-state index >= 15 is 0 Å². The fourth-order valence-corrected chi connectivity index (χ4v) is 7.70. The molecule has 242 valence electrons. The zero-order chi connectivity index (χ0) is 34.2. The molecule has 0 bridgehead atoms. The van der Waals surface area contributed by atoms with Gasteiger partial charge in [0.05, 0.1) is 0 Å². The minimum Gasteiger partial charge on any atom is -0.456 e. The molecule has 5 nitrogen and oxygen atoms in total. The molecule has 5 heteroatoms. The molecule has 11 rings (SSSR count). The molecule has 0 atom stereocenters. The second kappa shape index (κ2) is 11.2. The monoisotopic (exact) mass is 665 g/mol. The lowest BCUT2D eigenvalue weighted by atomic mass is 9.96. The summed E-state index contributed by atoms with van der Waals surface area (Å²) in [7, 11) is 0. The van der Waals surface area contributed by atoms with Crippen LogP contribution in [0.4, 0.5) is 0 Å². The molecule has 0 saturated heterocycles. The lowest BCUT2D eigenvalue weighted by Gasteiger charge is -2.12. The summed E-state index contributed by atoms with van der Waals surface area (Å²) in [6.07, 6.45) is 0. The molecule has 52 heavy (non-hydrogen) atoms. The Morgan fingerprint density at radius 1 is 0.327 bits per heavy atom. The largest absolute Gasteiger partial charge is 0.456 e. The molecular weight excluding hydrogens is 639 g/mol. The summed E-state index contributed by atoms with van der Waals surface area (Å²) in [4.78, 5) is 15.5. The molecule has 0 radical (unpaired) electrons. The maximum Gasteiger partial charge on any atom is 0.164 e. The molecular formula is C47H27N3O2. The van der Waals surface area contributed by atoms with Crippen LogP contribution >= 0.6 is 0 Å². The van der Waals surface area contributed by atoms with Gasteiger partial charge in [0.25, 0.3) is 0 Å². The topological polar surface area (TPSA) is 65.0 Å². The lowest BCUT2D eigenvalue weighted by Crippen LogP contribution is -2.00. The molecule has 0 N–H and O–H groups in total. The fourth-order valence-electron chi connectivity index (χ4n) is 7.70. The van der Waals surface area contributed by atoms with E-state index in [2.05, 4.69) is 97.1 Å². The Balaban J connectivity index is 1.19. The normalized spacial score (nSPS) is 11.8. The van der Waals surface area contributed by atoms with Crippen LogP contribution in [0, 0.1) is 0 Å². The minimum absolute atomic E-state index is 0.584. The van der Waals surface area contributed by atoms with E-state index in [-0.39, 0.29) is 0 Å². The predicted octanol–water partition coefficient (Wildman–Crippen LogP) is 12.6. The van der Waals surface area contributed by atoms with Gasteiger partial charge in [-0.1, -0.05) is 127 Å². The Kier molecular flexibility index (Phi) is 6.18. The van der Waals surface area contributed by atoms with Crippen LogP contribution in [0.5, 0.6) is 0 Å². The van der Waals surface area contributed by atoms with Crippen molar-refractivity contribution in [1.29, 1.82) is 0 Å². The highest BCUT2D eigenvalue weighted by atomic mass is 16.3. The number of rotatable bonds is 4. The number of benzene rings is 8. The Bertz CT molecular complexity index is 3180. The number of nitrogens with zero attached hydrogens (tertiary/aromatic N) is 3. The van der Waals surface area contributed by atoms with Gasteiger partial charge in [-0.2, -0.15) is 0 Å². The molecule has 3 heterocycles. The van der Waals surface area contributed by atoms with Crippen LogP contribution in [0.3, 0.4) is 0 Å². The first-order valence-electron chi connectivity index (χ1n) is 17.4. The number of hydrogen-bond donors (Lipinski definition) is 0. The minimum atomic E-state index is 0.584. The third kappa shape index (κ3) is 4.39. The number of hydrogen-bond acceptors (Lipinski definition) is 5. The van der Waals surface area contributed by atoms with Gasteiger partial charge in [0, 0.05) is 49.2 Å². The van der Waals surface area contributed by atoms with E-state index in [9.17, 15) is 0 Å². The highest BCUT2D eigenvalue weighted by Crippen LogP contribution is 2.42. The summed E-state index contributed by atoms with van der Waals surface area (Å²) in [6, 6.07) is 56.2. The molecule has 8 aromatic carbocycles. The number of fused-ring (bicyclic) bond motifs is 10. The van der Waals surface area contributed by atoms with Crippen LogP contribution < -0.4 is 0 Å². The molecule has 0 spiro atoms. The van der Waals surface area contributed by atoms with Gasteiger partial charge < -0.3 is 8.83 Å². The summed E-state index contributed by atoms with van der Waals surface area (Å²) in [6.45, 7) is 0. The van der Waals surface area contributed by atoms with E-state index in [0.29, 0.717) is 17.5 Å². The zero-order valence-corrected chi connectivity index (χ0v) is 27.7. The third-order valence-corrected chi connectivity index (χ3v) is 10.1. The standard InChI is InChI=1S/C47H27N3O2/c1-3-11-28(12-4-1)33-24-25-36(42-34-15-7-10-18-39(34)52-44(33)42)47-49-45(31-13-5-2-6-14-31)48-46(50-47)32-22-20-29-19-21-30-23-26-40-43(41(30)37(29)27-32)35-16-8-9-17-38(35)51-40/h1-27H. The van der Waals surface area contributed by atoms with Crippen LogP contribution in [0.25, 0.3) is 111 Å². The second-order valence-electron chi connectivity index (χ2n) is 13.1. The lowest BCUT2D eigenvalue weighted by molar-refractivity contribution is 0.669. The first-order chi connectivity index (χ1) is 25.8. The SMILES string of the molecule is c1ccc(-c2nc(-c3ccc4ccc5ccc6oc7ccccc7c6c5c4c3)nc(-c3ccc(-c4ccccc4)c4oc5ccccc5c34)n2)cc1. The average Bonchev–Trinajstić information content (AvgIpc) is 3.80. The predicted molar refractivity (Wildman–Crippen MR) is 211 cm³/mol. The zero-order valence-electron chi connectivity index (χ0n) is 27.7. The van der Waals surface area contributed by atoms with Gasteiger partial charge >= 0.3 is 0 Å². The molecule has 0 saturated carbocycles. The second-order valence-corrected chi connectivity index (χ2v) is 13.1. The van der Waals surface area contributed by atoms with Gasteiger partial charge in [0.15, 0.2) is 17.5 Å². The number of aromatic nitrogens is 3. The molecule has 0 amide bonds. The van der Waals surface area contributed by atoms with Crippen molar-refractivity contribution in [3.8, 4) is 45.3 Å². The van der Waals surface area contributed by atoms with E-state index in [1.807, 2.05) is 66.7 Å². The van der Waals surface area contributed by atoms with Crippen molar-refractivity contribution >= 4 is 65.4 Å². The van der Waals surface area contributed by atoms with Crippen LogP contribution in [-0.4, -0.2) is 15.0 Å². The third-order valence-electron chi connectivity index (χ3n) is 10.1. The summed E-state index contributed by atoms with van der Waals surface area (Å²) in [5.41, 5.74) is 8.19. The summed E-state index contributed by atoms with van der Waals surface area (Å²) < 4.78 is 12.9. The van der Waals surface area contributed by atoms with Gasteiger partial charge in [0.2, 0.25) is 0 Å². The Labute approximate surface area is 297 Å². The maximum atomic E-state index is 6.60. The van der Waals surface area contributed by atoms with Gasteiger partial charge in [-0.3, -0.25) is 0 Å². The fraction of sp³-hybridized carbons (Fsp3) is 0. The molecule has 0 aliphatic rings. The first kappa shape index (κ1) is 28.7. The summed E-state index contributed by atoms with van der Waals surface area (Å²) in [5.74, 6) is 1.79. The van der Waals surface area contributed by atoms with Crippen LogP contribution in [0.1, 0.15) is 0 Å². The van der Waals surface area contributed by atoms with Crippen molar-refractivity contribution in [2.24, 2.45) is 0 Å². The van der Waals surface area contributed by atoms with Crippen molar-refractivity contribution in [2.75, 3.05) is 0 Å². The van der Waals surface area contributed by atoms with Gasteiger partial charge in [-0.25, -0.2) is 15.0 Å². The smallest absolute Gasteiger partial charge is 0.164 e. The van der Waals surface area contributed by atoms with E-state index in [0.717, 1.165) is 93.2 Å². The molecule has 0 fully saturated rings. The molecule has 0 aliphatic carbocycles. The van der Waals surface area contributed by atoms with Gasteiger partial charge in [0.1, 0.15) is 22.3 Å². The van der Waals surface area contributed by atoms with E-state index < -0.39 is 0 Å². The summed E-state index contributed by atoms with van der Waals surface area (Å²) in [5, 5.41) is 8.77. The van der Waals surface area contributed by atoms with Crippen LogP contribution in [0.2, 0.25) is 0 Å². The van der Waals surface area contributed by atoms with Crippen LogP contribution in [-0.2, 0) is 0 Å². The molecule has 0 unspecified atom stereocenters. The van der Waals surface area contributed by atoms with Crippen molar-refractivity contribution in [3.05, 3.63) is 164 Å². The first-order valence-corrected chi connectivity index (χ1v) is 17.4. The van der Waals surface area contributed by atoms with Gasteiger partial charge in [-0.15, -0.1) is 0 Å². The van der Waals surface area contributed by atoms with E-state index in [1.165, 1.54) is 0 Å².